The summed E-state index contributed by atoms with van der Waals surface area (Å²) in [5.41, 5.74) is 1.00. The Morgan fingerprint density at radius 3 is 2.75 bits per heavy atom. The molecule has 0 heterocycles. The minimum absolute atomic E-state index is 0.0514. The Labute approximate surface area is 105 Å². The molecule has 1 amide bonds. The summed E-state index contributed by atoms with van der Waals surface area (Å²) in [6.07, 6.45) is 3.36. The van der Waals surface area contributed by atoms with Crippen LogP contribution in [-0.2, 0) is 4.79 Å². The predicted octanol–water partition coefficient (Wildman–Crippen LogP) is 3.23. The van der Waals surface area contributed by atoms with Gasteiger partial charge in [-0.2, -0.15) is 0 Å². The molecule has 0 saturated heterocycles. The number of carbonyl (C=O) groups excluding carboxylic acids is 1. The van der Waals surface area contributed by atoms with Crippen molar-refractivity contribution in [1.82, 2.24) is 5.32 Å². The second-order valence-corrected chi connectivity index (χ2v) is 4.85. The smallest absolute Gasteiger partial charge is 0.244 e. The van der Waals surface area contributed by atoms with E-state index in [1.807, 2.05) is 24.3 Å². The van der Waals surface area contributed by atoms with Crippen LogP contribution in [0.5, 0.6) is 0 Å². The highest BCUT2D eigenvalue weighted by molar-refractivity contribution is 9.10. The zero-order valence-corrected chi connectivity index (χ0v) is 11.1. The topological polar surface area (TPSA) is 29.1 Å². The van der Waals surface area contributed by atoms with Crippen molar-refractivity contribution in [2.24, 2.45) is 5.92 Å². The maximum atomic E-state index is 11.4. The molecule has 0 aliphatic carbocycles. The molecule has 86 valence electrons. The third kappa shape index (κ3) is 4.62. The van der Waals surface area contributed by atoms with Gasteiger partial charge < -0.3 is 5.32 Å². The molecule has 0 fully saturated rings. The highest BCUT2D eigenvalue weighted by atomic mass is 79.9. The van der Waals surface area contributed by atoms with Crippen LogP contribution in [0.4, 0.5) is 0 Å². The standard InChI is InChI=1S/C13H16BrNO/c1-10(2)9-15-13(16)8-7-11-5-3-4-6-12(11)14/h3-8,10H,9H2,1-2H3,(H,15,16). The summed E-state index contributed by atoms with van der Waals surface area (Å²) in [6, 6.07) is 7.79. The SMILES string of the molecule is CC(C)CNC(=O)C=Cc1ccccc1Br. The summed E-state index contributed by atoms with van der Waals surface area (Å²) in [7, 11) is 0. The lowest BCUT2D eigenvalue weighted by atomic mass is 10.2. The van der Waals surface area contributed by atoms with E-state index < -0.39 is 0 Å². The molecule has 0 aliphatic heterocycles. The van der Waals surface area contributed by atoms with Gasteiger partial charge in [0.05, 0.1) is 0 Å². The lowest BCUT2D eigenvalue weighted by molar-refractivity contribution is -0.116. The average Bonchev–Trinajstić information content (AvgIpc) is 2.25. The first-order chi connectivity index (χ1) is 7.59. The summed E-state index contributed by atoms with van der Waals surface area (Å²) in [5, 5.41) is 2.83. The predicted molar refractivity (Wildman–Crippen MR) is 71.0 cm³/mol. The third-order valence-corrected chi connectivity index (χ3v) is 2.73. The van der Waals surface area contributed by atoms with Crippen LogP contribution < -0.4 is 5.32 Å². The summed E-state index contributed by atoms with van der Waals surface area (Å²) >= 11 is 3.43. The van der Waals surface area contributed by atoms with E-state index in [4.69, 9.17) is 0 Å². The molecule has 2 nitrogen and oxygen atoms in total. The number of halogens is 1. The van der Waals surface area contributed by atoms with Crippen LogP contribution in [0.15, 0.2) is 34.8 Å². The lowest BCUT2D eigenvalue weighted by Gasteiger charge is -2.04. The molecule has 0 spiro atoms. The van der Waals surface area contributed by atoms with Gasteiger partial charge in [-0.05, 0) is 23.6 Å². The Balaban J connectivity index is 2.54. The second-order valence-electron chi connectivity index (χ2n) is 3.99. The van der Waals surface area contributed by atoms with Gasteiger partial charge in [-0.15, -0.1) is 0 Å². The highest BCUT2D eigenvalue weighted by Gasteiger charge is 1.98. The van der Waals surface area contributed by atoms with E-state index in [9.17, 15) is 4.79 Å². The van der Waals surface area contributed by atoms with Gasteiger partial charge in [0, 0.05) is 17.1 Å². The maximum absolute atomic E-state index is 11.4. The molecule has 0 saturated carbocycles. The van der Waals surface area contributed by atoms with Crippen molar-refractivity contribution >= 4 is 27.9 Å². The molecule has 0 bridgehead atoms. The molecule has 1 aromatic rings. The van der Waals surface area contributed by atoms with Gasteiger partial charge in [0.15, 0.2) is 0 Å². The Hall–Kier alpha value is -1.09. The van der Waals surface area contributed by atoms with Crippen molar-refractivity contribution < 1.29 is 4.79 Å². The zero-order valence-electron chi connectivity index (χ0n) is 9.53. The molecule has 0 unspecified atom stereocenters. The number of benzene rings is 1. The summed E-state index contributed by atoms with van der Waals surface area (Å²) < 4.78 is 0.989. The Morgan fingerprint density at radius 2 is 2.12 bits per heavy atom. The molecule has 1 rings (SSSR count). The van der Waals surface area contributed by atoms with Crippen LogP contribution in [0.1, 0.15) is 19.4 Å². The monoisotopic (exact) mass is 281 g/mol. The molecule has 0 atom stereocenters. The number of amides is 1. The second kappa shape index (κ2) is 6.48. The fraction of sp³-hybridized carbons (Fsp3) is 0.308. The minimum atomic E-state index is -0.0514. The number of hydrogen-bond acceptors (Lipinski definition) is 1. The first kappa shape index (κ1) is 13.0. The summed E-state index contributed by atoms with van der Waals surface area (Å²) in [4.78, 5) is 11.4. The third-order valence-electron chi connectivity index (χ3n) is 2.00. The number of hydrogen-bond donors (Lipinski definition) is 1. The zero-order chi connectivity index (χ0) is 12.0. The lowest BCUT2D eigenvalue weighted by Crippen LogP contribution is -2.25. The van der Waals surface area contributed by atoms with Gasteiger partial charge in [-0.25, -0.2) is 0 Å². The Morgan fingerprint density at radius 1 is 1.44 bits per heavy atom. The van der Waals surface area contributed by atoms with E-state index in [1.165, 1.54) is 0 Å². The molecule has 1 N–H and O–H groups in total. The van der Waals surface area contributed by atoms with Crippen LogP contribution in [-0.4, -0.2) is 12.5 Å². The van der Waals surface area contributed by atoms with E-state index in [0.717, 1.165) is 10.0 Å². The van der Waals surface area contributed by atoms with E-state index >= 15 is 0 Å². The van der Waals surface area contributed by atoms with Gasteiger partial charge in [0.2, 0.25) is 5.91 Å². The quantitative estimate of drug-likeness (QED) is 0.844. The molecule has 3 heteroatoms. The average molecular weight is 282 g/mol. The van der Waals surface area contributed by atoms with Gasteiger partial charge in [0.1, 0.15) is 0 Å². The largest absolute Gasteiger partial charge is 0.352 e. The van der Waals surface area contributed by atoms with Gasteiger partial charge in [-0.3, -0.25) is 4.79 Å². The van der Waals surface area contributed by atoms with Crippen molar-refractivity contribution in [2.75, 3.05) is 6.54 Å². The van der Waals surface area contributed by atoms with Crippen molar-refractivity contribution in [1.29, 1.82) is 0 Å². The summed E-state index contributed by atoms with van der Waals surface area (Å²) in [5.74, 6) is 0.422. The van der Waals surface area contributed by atoms with Crippen LogP contribution in [0, 0.1) is 5.92 Å². The fourth-order valence-electron chi connectivity index (χ4n) is 1.14. The first-order valence-corrected chi connectivity index (χ1v) is 6.09. The highest BCUT2D eigenvalue weighted by Crippen LogP contribution is 2.16. The fourth-order valence-corrected chi connectivity index (χ4v) is 1.56. The van der Waals surface area contributed by atoms with E-state index in [2.05, 4.69) is 35.1 Å². The van der Waals surface area contributed by atoms with Crippen molar-refractivity contribution in [3.8, 4) is 0 Å². The van der Waals surface area contributed by atoms with Crippen LogP contribution in [0.2, 0.25) is 0 Å². The van der Waals surface area contributed by atoms with Crippen LogP contribution >= 0.6 is 15.9 Å². The van der Waals surface area contributed by atoms with Gasteiger partial charge in [-0.1, -0.05) is 48.0 Å². The molecular formula is C13H16BrNO. The number of rotatable bonds is 4. The minimum Gasteiger partial charge on any atom is -0.352 e. The van der Waals surface area contributed by atoms with E-state index in [0.29, 0.717) is 12.5 Å². The van der Waals surface area contributed by atoms with Gasteiger partial charge >= 0.3 is 0 Å². The van der Waals surface area contributed by atoms with E-state index in [-0.39, 0.29) is 5.91 Å². The van der Waals surface area contributed by atoms with Gasteiger partial charge in [0.25, 0.3) is 0 Å². The van der Waals surface area contributed by atoms with Crippen LogP contribution in [0.3, 0.4) is 0 Å². The molecule has 0 radical (unpaired) electrons. The molecule has 0 aromatic heterocycles. The molecular weight excluding hydrogens is 266 g/mol. The molecule has 1 aromatic carbocycles. The van der Waals surface area contributed by atoms with Crippen LogP contribution in [0.25, 0.3) is 6.08 Å². The van der Waals surface area contributed by atoms with Crippen molar-refractivity contribution in [2.45, 2.75) is 13.8 Å². The molecule has 16 heavy (non-hydrogen) atoms. The Kier molecular flexibility index (Phi) is 5.26. The first-order valence-electron chi connectivity index (χ1n) is 5.30. The maximum Gasteiger partial charge on any atom is 0.244 e. The number of carbonyl (C=O) groups is 1. The summed E-state index contributed by atoms with van der Waals surface area (Å²) in [6.45, 7) is 4.84. The number of nitrogens with one attached hydrogen (secondary N) is 1. The normalized spacial score (nSPS) is 11.0. The Bertz CT molecular complexity index is 385. The van der Waals surface area contributed by atoms with E-state index in [1.54, 1.807) is 12.2 Å². The van der Waals surface area contributed by atoms with Crippen molar-refractivity contribution in [3.63, 3.8) is 0 Å². The van der Waals surface area contributed by atoms with Crippen molar-refractivity contribution in [3.05, 3.63) is 40.4 Å². The molecule has 0 aliphatic rings.